The Morgan fingerprint density at radius 1 is 1.33 bits per heavy atom. The summed E-state index contributed by atoms with van der Waals surface area (Å²) in [7, 11) is 4.19. The molecule has 0 saturated carbocycles. The Hall–Kier alpha value is -1.02. The number of benzene rings is 1. The Bertz CT molecular complexity index is 320. The molecule has 2 nitrogen and oxygen atoms in total. The van der Waals surface area contributed by atoms with E-state index in [0.29, 0.717) is 6.04 Å². The molecule has 0 bridgehead atoms. The van der Waals surface area contributed by atoms with Crippen LogP contribution in [-0.2, 0) is 0 Å². The zero-order chi connectivity index (χ0) is 11.4. The number of ether oxygens (including phenoxy) is 1. The molecule has 1 rings (SSSR count). The summed E-state index contributed by atoms with van der Waals surface area (Å²) in [4.78, 5) is 2.20. The van der Waals surface area contributed by atoms with Crippen molar-refractivity contribution in [3.8, 4) is 5.75 Å². The van der Waals surface area contributed by atoms with Crippen LogP contribution in [0.15, 0.2) is 18.2 Å². The van der Waals surface area contributed by atoms with Gasteiger partial charge in [-0.2, -0.15) is 0 Å². The molecule has 1 unspecified atom stereocenters. The van der Waals surface area contributed by atoms with Crippen LogP contribution in [0.3, 0.4) is 0 Å². The molecule has 0 N–H and O–H groups in total. The lowest BCUT2D eigenvalue weighted by Gasteiger charge is -2.21. The summed E-state index contributed by atoms with van der Waals surface area (Å²) < 4.78 is 5.52. The smallest absolute Gasteiger partial charge is 0.122 e. The van der Waals surface area contributed by atoms with Crippen molar-refractivity contribution >= 4 is 0 Å². The predicted octanol–water partition coefficient (Wildman–Crippen LogP) is 3.02. The quantitative estimate of drug-likeness (QED) is 0.752. The van der Waals surface area contributed by atoms with Gasteiger partial charge in [0.2, 0.25) is 0 Å². The molecule has 0 saturated heterocycles. The second kappa shape index (κ2) is 5.17. The molecule has 0 fully saturated rings. The molecule has 0 heterocycles. The van der Waals surface area contributed by atoms with Gasteiger partial charge in [0.25, 0.3) is 0 Å². The van der Waals surface area contributed by atoms with Crippen molar-refractivity contribution in [2.24, 2.45) is 0 Å². The zero-order valence-electron chi connectivity index (χ0n) is 10.4. The van der Waals surface area contributed by atoms with Gasteiger partial charge in [-0.15, -0.1) is 0 Å². The van der Waals surface area contributed by atoms with Gasteiger partial charge in [-0.05, 0) is 52.1 Å². The van der Waals surface area contributed by atoms with Gasteiger partial charge in [0.1, 0.15) is 5.75 Å². The van der Waals surface area contributed by atoms with Crippen molar-refractivity contribution < 1.29 is 4.74 Å². The molecule has 15 heavy (non-hydrogen) atoms. The molecule has 1 atom stereocenters. The Morgan fingerprint density at radius 3 is 2.47 bits per heavy atom. The molecule has 0 aliphatic heterocycles. The lowest BCUT2D eigenvalue weighted by Crippen LogP contribution is -2.16. The molecule has 0 aliphatic carbocycles. The van der Waals surface area contributed by atoms with Crippen molar-refractivity contribution in [1.82, 2.24) is 4.90 Å². The summed E-state index contributed by atoms with van der Waals surface area (Å²) in [5, 5.41) is 0. The molecule has 84 valence electrons. The van der Waals surface area contributed by atoms with E-state index in [1.165, 1.54) is 11.1 Å². The van der Waals surface area contributed by atoms with Crippen LogP contribution in [0, 0.1) is 6.92 Å². The van der Waals surface area contributed by atoms with Crippen LogP contribution in [-0.4, -0.2) is 25.6 Å². The van der Waals surface area contributed by atoms with Crippen molar-refractivity contribution in [2.45, 2.75) is 26.8 Å². The van der Waals surface area contributed by atoms with Crippen LogP contribution in [0.5, 0.6) is 5.75 Å². The minimum absolute atomic E-state index is 0.444. The molecule has 1 aromatic rings. The Balaban J connectivity index is 2.90. The number of hydrogen-bond acceptors (Lipinski definition) is 2. The van der Waals surface area contributed by atoms with E-state index in [2.05, 4.69) is 51.0 Å². The summed E-state index contributed by atoms with van der Waals surface area (Å²) in [6, 6.07) is 6.85. The van der Waals surface area contributed by atoms with Gasteiger partial charge >= 0.3 is 0 Å². The third kappa shape index (κ3) is 2.96. The largest absolute Gasteiger partial charge is 0.494 e. The fourth-order valence-electron chi connectivity index (χ4n) is 1.55. The third-order valence-electron chi connectivity index (χ3n) is 2.76. The minimum Gasteiger partial charge on any atom is -0.494 e. The van der Waals surface area contributed by atoms with Gasteiger partial charge in [-0.3, -0.25) is 0 Å². The number of rotatable bonds is 4. The highest BCUT2D eigenvalue weighted by molar-refractivity contribution is 5.37. The van der Waals surface area contributed by atoms with E-state index in [1.54, 1.807) is 0 Å². The predicted molar refractivity (Wildman–Crippen MR) is 64.5 cm³/mol. The normalized spacial score (nSPS) is 12.9. The van der Waals surface area contributed by atoms with Gasteiger partial charge in [0.15, 0.2) is 0 Å². The highest BCUT2D eigenvalue weighted by Gasteiger charge is 2.09. The SMILES string of the molecule is CCOc1ccc(C(C)N(C)C)cc1C. The van der Waals surface area contributed by atoms with E-state index in [9.17, 15) is 0 Å². The summed E-state index contributed by atoms with van der Waals surface area (Å²) >= 11 is 0. The monoisotopic (exact) mass is 207 g/mol. The second-order valence-electron chi connectivity index (χ2n) is 4.10. The third-order valence-corrected chi connectivity index (χ3v) is 2.76. The molecule has 1 aromatic carbocycles. The van der Waals surface area contributed by atoms with Gasteiger partial charge in [-0.25, -0.2) is 0 Å². The molecular formula is C13H21NO. The van der Waals surface area contributed by atoms with Gasteiger partial charge in [0.05, 0.1) is 6.61 Å². The molecule has 0 amide bonds. The molecule has 0 aliphatic rings. The first-order valence-electron chi connectivity index (χ1n) is 5.46. The molecular weight excluding hydrogens is 186 g/mol. The first-order valence-corrected chi connectivity index (χ1v) is 5.46. The molecule has 0 spiro atoms. The summed E-state index contributed by atoms with van der Waals surface area (Å²) in [5.74, 6) is 0.993. The van der Waals surface area contributed by atoms with E-state index in [1.807, 2.05) is 6.92 Å². The van der Waals surface area contributed by atoms with E-state index in [0.717, 1.165) is 12.4 Å². The van der Waals surface area contributed by atoms with Crippen LogP contribution in [0.4, 0.5) is 0 Å². The standard InChI is InChI=1S/C13H21NO/c1-6-15-13-8-7-12(9-10(13)2)11(3)14(4)5/h7-9,11H,6H2,1-5H3. The van der Waals surface area contributed by atoms with Gasteiger partial charge in [-0.1, -0.05) is 12.1 Å². The lowest BCUT2D eigenvalue weighted by atomic mass is 10.0. The summed E-state index contributed by atoms with van der Waals surface area (Å²) in [5.41, 5.74) is 2.55. The van der Waals surface area contributed by atoms with Crippen LogP contribution in [0.2, 0.25) is 0 Å². The summed E-state index contributed by atoms with van der Waals surface area (Å²) in [6.07, 6.45) is 0. The van der Waals surface area contributed by atoms with E-state index >= 15 is 0 Å². The average Bonchev–Trinajstić information content (AvgIpc) is 2.20. The maximum absolute atomic E-state index is 5.52. The number of nitrogens with zero attached hydrogens (tertiary/aromatic N) is 1. The van der Waals surface area contributed by atoms with Crippen LogP contribution < -0.4 is 4.74 Å². The van der Waals surface area contributed by atoms with Gasteiger partial charge < -0.3 is 9.64 Å². The lowest BCUT2D eigenvalue weighted by molar-refractivity contribution is 0.319. The Kier molecular flexibility index (Phi) is 4.15. The van der Waals surface area contributed by atoms with Crippen molar-refractivity contribution in [1.29, 1.82) is 0 Å². The summed E-state index contributed by atoms with van der Waals surface area (Å²) in [6.45, 7) is 7.03. The zero-order valence-corrected chi connectivity index (χ0v) is 10.4. The first kappa shape index (κ1) is 12.1. The fourth-order valence-corrected chi connectivity index (χ4v) is 1.55. The first-order chi connectivity index (χ1) is 7.06. The highest BCUT2D eigenvalue weighted by atomic mass is 16.5. The van der Waals surface area contributed by atoms with Crippen molar-refractivity contribution in [2.75, 3.05) is 20.7 Å². The topological polar surface area (TPSA) is 12.5 Å². The average molecular weight is 207 g/mol. The minimum atomic E-state index is 0.444. The van der Waals surface area contributed by atoms with E-state index in [4.69, 9.17) is 4.74 Å². The van der Waals surface area contributed by atoms with Crippen molar-refractivity contribution in [3.05, 3.63) is 29.3 Å². The van der Waals surface area contributed by atoms with E-state index < -0.39 is 0 Å². The Morgan fingerprint density at radius 2 is 2.00 bits per heavy atom. The van der Waals surface area contributed by atoms with E-state index in [-0.39, 0.29) is 0 Å². The van der Waals surface area contributed by atoms with Crippen LogP contribution in [0.1, 0.15) is 31.0 Å². The van der Waals surface area contributed by atoms with Crippen LogP contribution >= 0.6 is 0 Å². The molecule has 2 heteroatoms. The Labute approximate surface area is 92.9 Å². The highest BCUT2D eigenvalue weighted by Crippen LogP contribution is 2.24. The maximum Gasteiger partial charge on any atom is 0.122 e. The second-order valence-corrected chi connectivity index (χ2v) is 4.10. The number of aryl methyl sites for hydroxylation is 1. The van der Waals surface area contributed by atoms with Crippen molar-refractivity contribution in [3.63, 3.8) is 0 Å². The molecule has 0 radical (unpaired) electrons. The van der Waals surface area contributed by atoms with Gasteiger partial charge in [0, 0.05) is 6.04 Å². The van der Waals surface area contributed by atoms with Crippen LogP contribution in [0.25, 0.3) is 0 Å². The molecule has 0 aromatic heterocycles. The maximum atomic E-state index is 5.52. The fraction of sp³-hybridized carbons (Fsp3) is 0.538. The number of hydrogen-bond donors (Lipinski definition) is 0.